The normalized spacial score (nSPS) is 19.4. The third-order valence-corrected chi connectivity index (χ3v) is 7.12. The molecule has 1 fully saturated rings. The molecule has 0 saturated carbocycles. The van der Waals surface area contributed by atoms with E-state index in [2.05, 4.69) is 19.8 Å². The summed E-state index contributed by atoms with van der Waals surface area (Å²) in [7, 11) is 0. The number of nitrogens with one attached hydrogen (secondary N) is 1. The summed E-state index contributed by atoms with van der Waals surface area (Å²) in [5.41, 5.74) is 11.3. The molecule has 2 aliphatic rings. The van der Waals surface area contributed by atoms with Gasteiger partial charge >= 0.3 is 5.97 Å². The summed E-state index contributed by atoms with van der Waals surface area (Å²) >= 11 is 2.19. The van der Waals surface area contributed by atoms with Gasteiger partial charge in [-0.1, -0.05) is 5.16 Å². The Hall–Kier alpha value is -4.05. The first-order valence-electron chi connectivity index (χ1n) is 10.5. The SMILES string of the molecule is CCON=C(C(=O)NC1C(=O)N2C(C(=O)O)=C(C[n+]3ccc(C(N)=O)cc3)CS[C@H]12)c1nsc(N)n1. The highest BCUT2D eigenvalue weighted by molar-refractivity contribution is 8.00. The Kier molecular flexibility index (Phi) is 7.16. The number of rotatable bonds is 9. The number of nitrogens with zero attached hydrogens (tertiary/aromatic N) is 5. The highest BCUT2D eigenvalue weighted by Gasteiger charge is 2.54. The Labute approximate surface area is 212 Å². The maximum absolute atomic E-state index is 13.0. The lowest BCUT2D eigenvalue weighted by molar-refractivity contribution is -0.689. The number of oxime groups is 1. The Bertz CT molecular complexity index is 1290. The lowest BCUT2D eigenvalue weighted by Crippen LogP contribution is -2.71. The zero-order chi connectivity index (χ0) is 26.0. The average molecular weight is 534 g/mol. The van der Waals surface area contributed by atoms with Gasteiger partial charge < -0.3 is 26.7 Å². The molecule has 16 heteroatoms. The van der Waals surface area contributed by atoms with Gasteiger partial charge in [-0.2, -0.15) is 9.36 Å². The van der Waals surface area contributed by atoms with Gasteiger partial charge in [0.2, 0.25) is 17.4 Å². The Morgan fingerprint density at radius 1 is 1.36 bits per heavy atom. The van der Waals surface area contributed by atoms with Gasteiger partial charge in [0.25, 0.3) is 11.8 Å². The maximum Gasteiger partial charge on any atom is 0.352 e. The second kappa shape index (κ2) is 10.3. The molecule has 0 aliphatic carbocycles. The predicted molar refractivity (Wildman–Crippen MR) is 127 cm³/mol. The van der Waals surface area contributed by atoms with E-state index in [1.165, 1.54) is 23.9 Å². The zero-order valence-electron chi connectivity index (χ0n) is 18.8. The molecule has 1 saturated heterocycles. The first-order chi connectivity index (χ1) is 17.2. The molecular formula is C20H21N8O6S2+. The number of carbonyl (C=O) groups excluding carboxylic acids is 3. The van der Waals surface area contributed by atoms with E-state index in [0.29, 0.717) is 16.9 Å². The standard InChI is InChI=1S/C20H20N8O6S2/c1-2-34-25-11(15-24-20(22)36-26-15)16(30)23-12-17(31)28-13(19(32)33)10(8-35-18(12)28)7-27-5-3-9(4-6-27)14(21)29/h3-6,12,18H,2,7-8H2,1H3,(H5-,21,22,23,24,26,29,30,32,33)/p+1/t12?,18-/m1/s1. The van der Waals surface area contributed by atoms with Gasteiger partial charge in [0, 0.05) is 35.0 Å². The molecule has 188 valence electrons. The van der Waals surface area contributed by atoms with E-state index in [4.69, 9.17) is 16.3 Å². The van der Waals surface area contributed by atoms with Crippen LogP contribution in [0.4, 0.5) is 5.13 Å². The lowest BCUT2D eigenvalue weighted by Gasteiger charge is -2.49. The van der Waals surface area contributed by atoms with Crippen molar-refractivity contribution in [1.29, 1.82) is 0 Å². The van der Waals surface area contributed by atoms with Crippen molar-refractivity contribution in [2.75, 3.05) is 18.1 Å². The van der Waals surface area contributed by atoms with E-state index in [1.54, 1.807) is 23.9 Å². The zero-order valence-corrected chi connectivity index (χ0v) is 20.4. The topological polar surface area (TPSA) is 207 Å². The van der Waals surface area contributed by atoms with Crippen LogP contribution in [0.2, 0.25) is 0 Å². The van der Waals surface area contributed by atoms with E-state index in [1.807, 2.05) is 0 Å². The largest absolute Gasteiger partial charge is 0.477 e. The molecular weight excluding hydrogens is 512 g/mol. The molecule has 2 aromatic rings. The van der Waals surface area contributed by atoms with E-state index in [9.17, 15) is 24.3 Å². The summed E-state index contributed by atoms with van der Waals surface area (Å²) in [5, 5.41) is 15.7. The molecule has 36 heavy (non-hydrogen) atoms. The van der Waals surface area contributed by atoms with Gasteiger partial charge in [0.05, 0.1) is 5.56 Å². The number of hydrogen-bond acceptors (Lipinski definition) is 11. The van der Waals surface area contributed by atoms with Gasteiger partial charge in [-0.05, 0) is 6.92 Å². The van der Waals surface area contributed by atoms with Crippen molar-refractivity contribution in [2.24, 2.45) is 10.9 Å². The van der Waals surface area contributed by atoms with E-state index in [0.717, 1.165) is 16.4 Å². The second-order valence-electron chi connectivity index (χ2n) is 7.56. The van der Waals surface area contributed by atoms with Crippen LogP contribution in [0.3, 0.4) is 0 Å². The highest BCUT2D eigenvalue weighted by atomic mass is 32.2. The van der Waals surface area contributed by atoms with Gasteiger partial charge in [0.15, 0.2) is 24.1 Å². The summed E-state index contributed by atoms with van der Waals surface area (Å²) in [4.78, 5) is 59.3. The minimum absolute atomic E-state index is 0.0452. The molecule has 14 nitrogen and oxygen atoms in total. The molecule has 2 aromatic heterocycles. The van der Waals surface area contributed by atoms with Crippen LogP contribution in [-0.4, -0.2) is 72.5 Å². The lowest BCUT2D eigenvalue weighted by atomic mass is 10.0. The van der Waals surface area contributed by atoms with Crippen molar-refractivity contribution in [3.8, 4) is 0 Å². The number of thioether (sulfide) groups is 1. The number of nitrogens with two attached hydrogens (primary N) is 2. The number of carbonyl (C=O) groups is 4. The van der Waals surface area contributed by atoms with Gasteiger partial charge in [-0.15, -0.1) is 11.8 Å². The molecule has 0 spiro atoms. The van der Waals surface area contributed by atoms with Crippen LogP contribution in [0.1, 0.15) is 23.1 Å². The summed E-state index contributed by atoms with van der Waals surface area (Å²) in [6.45, 7) is 2.04. The fraction of sp³-hybridized carbons (Fsp3) is 0.300. The van der Waals surface area contributed by atoms with Gasteiger partial charge in [-0.25, -0.2) is 9.36 Å². The summed E-state index contributed by atoms with van der Waals surface area (Å²) in [6.07, 6.45) is 3.20. The van der Waals surface area contributed by atoms with Crippen molar-refractivity contribution in [2.45, 2.75) is 24.9 Å². The number of aliphatic carboxylic acids is 1. The average Bonchev–Trinajstić information content (AvgIpc) is 3.28. The summed E-state index contributed by atoms with van der Waals surface area (Å²) < 4.78 is 5.64. The smallest absolute Gasteiger partial charge is 0.352 e. The number of primary amides is 1. The van der Waals surface area contributed by atoms with Crippen molar-refractivity contribution in [3.63, 3.8) is 0 Å². The van der Waals surface area contributed by atoms with Crippen molar-refractivity contribution in [1.82, 2.24) is 19.6 Å². The number of nitrogen functional groups attached to an aromatic ring is 1. The minimum atomic E-state index is -1.26. The first-order valence-corrected chi connectivity index (χ1v) is 12.3. The Balaban J connectivity index is 1.52. The first kappa shape index (κ1) is 25.1. The number of β-lactam (4-membered cyclic amide) rings is 1. The van der Waals surface area contributed by atoms with Gasteiger partial charge in [0.1, 0.15) is 23.7 Å². The quantitative estimate of drug-likeness (QED) is 0.129. The van der Waals surface area contributed by atoms with Crippen molar-refractivity contribution >= 4 is 57.8 Å². The van der Waals surface area contributed by atoms with Crippen LogP contribution < -0.4 is 21.4 Å². The molecule has 4 rings (SSSR count). The third-order valence-electron chi connectivity index (χ3n) is 5.24. The van der Waals surface area contributed by atoms with Crippen molar-refractivity contribution in [3.05, 3.63) is 47.2 Å². The molecule has 3 amide bonds. The van der Waals surface area contributed by atoms with Crippen molar-refractivity contribution < 1.29 is 33.7 Å². The number of hydrogen-bond donors (Lipinski definition) is 4. The summed E-state index contributed by atoms with van der Waals surface area (Å²) in [6, 6.07) is 2.06. The number of carboxylic acid groups (broad SMARTS) is 1. The van der Waals surface area contributed by atoms with Crippen LogP contribution in [0, 0.1) is 0 Å². The molecule has 0 radical (unpaired) electrons. The molecule has 0 bridgehead atoms. The molecule has 1 unspecified atom stereocenters. The van der Waals surface area contributed by atoms with Crippen LogP contribution >= 0.6 is 23.3 Å². The number of fused-ring (bicyclic) bond motifs is 1. The van der Waals surface area contributed by atoms with E-state index in [-0.39, 0.29) is 35.5 Å². The van der Waals surface area contributed by atoms with Crippen LogP contribution in [-0.2, 0) is 25.8 Å². The van der Waals surface area contributed by atoms with Gasteiger partial charge in [-0.3, -0.25) is 19.3 Å². The van der Waals surface area contributed by atoms with Crippen LogP contribution in [0.25, 0.3) is 0 Å². The fourth-order valence-electron chi connectivity index (χ4n) is 3.61. The minimum Gasteiger partial charge on any atom is -0.477 e. The van der Waals surface area contributed by atoms with Crippen LogP contribution in [0.5, 0.6) is 0 Å². The molecule has 2 atom stereocenters. The summed E-state index contributed by atoms with van der Waals surface area (Å²) in [5.74, 6) is -2.91. The fourth-order valence-corrected chi connectivity index (χ4v) is 5.38. The number of pyridine rings is 1. The molecule has 6 N–H and O–H groups in total. The molecule has 2 aliphatic heterocycles. The maximum atomic E-state index is 13.0. The third kappa shape index (κ3) is 4.85. The highest BCUT2D eigenvalue weighted by Crippen LogP contribution is 2.40. The predicted octanol–water partition coefficient (Wildman–Crippen LogP) is -1.31. The number of aromatic nitrogens is 3. The number of carboxylic acids is 1. The van der Waals surface area contributed by atoms with E-state index < -0.39 is 35.1 Å². The second-order valence-corrected chi connectivity index (χ2v) is 9.44. The number of amides is 3. The molecule has 0 aromatic carbocycles. The Morgan fingerprint density at radius 2 is 2.08 bits per heavy atom. The van der Waals surface area contributed by atoms with Crippen LogP contribution in [0.15, 0.2) is 41.0 Å². The Morgan fingerprint density at radius 3 is 2.67 bits per heavy atom. The number of anilines is 1. The molecule has 4 heterocycles. The monoisotopic (exact) mass is 533 g/mol. The van der Waals surface area contributed by atoms with E-state index >= 15 is 0 Å².